The molecule has 0 N–H and O–H groups in total. The van der Waals surface area contributed by atoms with Gasteiger partial charge in [-0.15, -0.1) is 0 Å². The molecule has 3 rings (SSSR count). The Hall–Kier alpha value is -2.61. The van der Waals surface area contributed by atoms with Gasteiger partial charge in [-0.05, 0) is 29.7 Å². The van der Waals surface area contributed by atoms with Gasteiger partial charge >= 0.3 is 5.97 Å². The van der Waals surface area contributed by atoms with Crippen LogP contribution in [0.4, 0.5) is 0 Å². The number of hydrogen-bond donors (Lipinski definition) is 0. The number of ether oxygens (including phenoxy) is 1. The van der Waals surface area contributed by atoms with Crippen molar-refractivity contribution in [3.8, 4) is 0 Å². The summed E-state index contributed by atoms with van der Waals surface area (Å²) in [6, 6.07) is 20.8. The van der Waals surface area contributed by atoms with Crippen LogP contribution in [-0.4, -0.2) is 5.97 Å². The molecule has 110 valence electrons. The van der Waals surface area contributed by atoms with Crippen molar-refractivity contribution in [3.05, 3.63) is 95.8 Å². The van der Waals surface area contributed by atoms with Crippen LogP contribution in [0.2, 0.25) is 0 Å². The van der Waals surface area contributed by atoms with Crippen molar-refractivity contribution in [1.82, 2.24) is 0 Å². The molecule has 0 aromatic heterocycles. The number of allylic oxidation sites excluding steroid dienone is 3. The van der Waals surface area contributed by atoms with Crippen molar-refractivity contribution >= 4 is 5.97 Å². The van der Waals surface area contributed by atoms with Crippen LogP contribution < -0.4 is 0 Å². The molecule has 1 aliphatic carbocycles. The summed E-state index contributed by atoms with van der Waals surface area (Å²) in [5, 5.41) is 0. The molecule has 0 heterocycles. The van der Waals surface area contributed by atoms with E-state index in [1.54, 1.807) is 0 Å². The van der Waals surface area contributed by atoms with Crippen LogP contribution in [-0.2, 0) is 14.9 Å². The molecule has 0 bridgehead atoms. The van der Waals surface area contributed by atoms with E-state index in [0.717, 1.165) is 6.42 Å². The van der Waals surface area contributed by atoms with E-state index < -0.39 is 0 Å². The fraction of sp³-hybridized carbons (Fsp3) is 0.150. The highest BCUT2D eigenvalue weighted by Crippen LogP contribution is 2.40. The number of carbonyl (C=O) groups is 1. The Balaban J connectivity index is 2.03. The Morgan fingerprint density at radius 1 is 0.955 bits per heavy atom. The van der Waals surface area contributed by atoms with Crippen LogP contribution in [0.5, 0.6) is 0 Å². The van der Waals surface area contributed by atoms with Crippen LogP contribution >= 0.6 is 0 Å². The topological polar surface area (TPSA) is 26.3 Å². The van der Waals surface area contributed by atoms with E-state index in [1.165, 1.54) is 18.1 Å². The maximum atomic E-state index is 11.1. The second-order valence-corrected chi connectivity index (χ2v) is 5.44. The third-order valence-electron chi connectivity index (χ3n) is 4.00. The van der Waals surface area contributed by atoms with Crippen molar-refractivity contribution in [2.75, 3.05) is 0 Å². The minimum absolute atomic E-state index is 0.216. The number of esters is 1. The van der Waals surface area contributed by atoms with Gasteiger partial charge in [0.05, 0.1) is 0 Å². The zero-order chi connectivity index (χ0) is 15.4. The summed E-state index contributed by atoms with van der Waals surface area (Å²) >= 11 is 0. The molecule has 0 atom stereocenters. The summed E-state index contributed by atoms with van der Waals surface area (Å²) in [4.78, 5) is 11.1. The van der Waals surface area contributed by atoms with Crippen molar-refractivity contribution < 1.29 is 9.53 Å². The summed E-state index contributed by atoms with van der Waals surface area (Å²) in [5.41, 5.74) is 2.25. The van der Waals surface area contributed by atoms with E-state index >= 15 is 0 Å². The van der Waals surface area contributed by atoms with Gasteiger partial charge in [0.15, 0.2) is 0 Å². The lowest BCUT2D eigenvalue weighted by atomic mass is 9.70. The largest absolute Gasteiger partial charge is 0.427 e. The maximum absolute atomic E-state index is 11.1. The second-order valence-electron chi connectivity index (χ2n) is 5.44. The Morgan fingerprint density at radius 2 is 1.50 bits per heavy atom. The third kappa shape index (κ3) is 2.73. The van der Waals surface area contributed by atoms with Crippen LogP contribution in [0.15, 0.2) is 84.7 Å². The first kappa shape index (κ1) is 14.3. The van der Waals surface area contributed by atoms with Crippen LogP contribution in [0, 0.1) is 0 Å². The maximum Gasteiger partial charge on any atom is 0.308 e. The molecule has 2 aromatic rings. The van der Waals surface area contributed by atoms with Gasteiger partial charge in [-0.3, -0.25) is 4.79 Å². The zero-order valence-corrected chi connectivity index (χ0v) is 12.5. The van der Waals surface area contributed by atoms with Gasteiger partial charge in [-0.1, -0.05) is 66.7 Å². The quantitative estimate of drug-likeness (QED) is 0.784. The van der Waals surface area contributed by atoms with Gasteiger partial charge < -0.3 is 4.74 Å². The van der Waals surface area contributed by atoms with E-state index in [-0.39, 0.29) is 11.4 Å². The zero-order valence-electron chi connectivity index (χ0n) is 12.5. The van der Waals surface area contributed by atoms with Crippen molar-refractivity contribution in [2.45, 2.75) is 18.8 Å². The molecular formula is C20H18O2. The fourth-order valence-corrected chi connectivity index (χ4v) is 2.93. The van der Waals surface area contributed by atoms with Crippen molar-refractivity contribution in [2.24, 2.45) is 0 Å². The van der Waals surface area contributed by atoms with E-state index in [1.807, 2.05) is 24.3 Å². The average Bonchev–Trinajstić information content (AvgIpc) is 2.57. The van der Waals surface area contributed by atoms with E-state index in [0.29, 0.717) is 5.76 Å². The third-order valence-corrected chi connectivity index (χ3v) is 4.00. The predicted molar refractivity (Wildman–Crippen MR) is 87.3 cm³/mol. The van der Waals surface area contributed by atoms with Gasteiger partial charge in [-0.25, -0.2) is 0 Å². The second kappa shape index (κ2) is 6.02. The molecule has 0 spiro atoms. The van der Waals surface area contributed by atoms with Gasteiger partial charge in [0.25, 0.3) is 0 Å². The highest BCUT2D eigenvalue weighted by atomic mass is 16.5. The minimum atomic E-state index is -0.289. The van der Waals surface area contributed by atoms with E-state index in [9.17, 15) is 4.79 Å². The van der Waals surface area contributed by atoms with Gasteiger partial charge in [0, 0.05) is 12.3 Å². The van der Waals surface area contributed by atoms with E-state index in [4.69, 9.17) is 4.74 Å². The molecular weight excluding hydrogens is 272 g/mol. The number of rotatable bonds is 3. The molecule has 0 unspecified atom stereocenters. The smallest absolute Gasteiger partial charge is 0.308 e. The summed E-state index contributed by atoms with van der Waals surface area (Å²) < 4.78 is 5.19. The van der Waals surface area contributed by atoms with Gasteiger partial charge in [-0.2, -0.15) is 0 Å². The lowest BCUT2D eigenvalue weighted by Gasteiger charge is -2.33. The average molecular weight is 290 g/mol. The molecule has 0 aliphatic heterocycles. The SMILES string of the molecule is CC(=O)OC1=CCC(c2ccccc2)(c2ccccc2)C=C1. The molecule has 22 heavy (non-hydrogen) atoms. The highest BCUT2D eigenvalue weighted by molar-refractivity contribution is 5.68. The molecule has 2 nitrogen and oxygen atoms in total. The van der Waals surface area contributed by atoms with Gasteiger partial charge in [0.1, 0.15) is 5.76 Å². The summed E-state index contributed by atoms with van der Waals surface area (Å²) in [5.74, 6) is 0.331. The Labute approximate surface area is 130 Å². The fourth-order valence-electron chi connectivity index (χ4n) is 2.93. The standard InChI is InChI=1S/C20H18O2/c1-16(21)22-19-12-14-20(15-13-19,17-8-4-2-5-9-17)18-10-6-3-7-11-18/h2-14H,15H2,1H3. The molecule has 2 heteroatoms. The molecule has 2 aromatic carbocycles. The van der Waals surface area contributed by atoms with Crippen molar-refractivity contribution in [1.29, 1.82) is 0 Å². The van der Waals surface area contributed by atoms with Crippen LogP contribution in [0.3, 0.4) is 0 Å². The lowest BCUT2D eigenvalue weighted by molar-refractivity contribution is -0.136. The van der Waals surface area contributed by atoms with Gasteiger partial charge in [0.2, 0.25) is 0 Å². The first-order valence-corrected chi connectivity index (χ1v) is 7.39. The van der Waals surface area contributed by atoms with Crippen molar-refractivity contribution in [3.63, 3.8) is 0 Å². The molecule has 0 fully saturated rings. The molecule has 1 aliphatic rings. The minimum Gasteiger partial charge on any atom is -0.427 e. The molecule has 0 saturated heterocycles. The number of carbonyl (C=O) groups excluding carboxylic acids is 1. The molecule has 0 radical (unpaired) electrons. The van der Waals surface area contributed by atoms with Crippen LogP contribution in [0.25, 0.3) is 0 Å². The monoisotopic (exact) mass is 290 g/mol. The normalized spacial score (nSPS) is 16.0. The van der Waals surface area contributed by atoms with E-state index in [2.05, 4.69) is 54.6 Å². The Morgan fingerprint density at radius 3 is 1.91 bits per heavy atom. The Bertz CT molecular complexity index is 672. The number of hydrogen-bond acceptors (Lipinski definition) is 2. The first-order chi connectivity index (χ1) is 10.7. The summed E-state index contributed by atoms with van der Waals surface area (Å²) in [6.07, 6.45) is 6.78. The predicted octanol–water partition coefficient (Wildman–Crippen LogP) is 4.38. The number of benzene rings is 2. The summed E-state index contributed by atoms with van der Waals surface area (Å²) in [7, 11) is 0. The Kier molecular flexibility index (Phi) is 3.92. The first-order valence-electron chi connectivity index (χ1n) is 7.39. The summed E-state index contributed by atoms with van der Waals surface area (Å²) in [6.45, 7) is 1.42. The highest BCUT2D eigenvalue weighted by Gasteiger charge is 2.32. The van der Waals surface area contributed by atoms with Crippen LogP contribution in [0.1, 0.15) is 24.5 Å². The molecule has 0 amide bonds. The molecule has 0 saturated carbocycles. The lowest BCUT2D eigenvalue weighted by Crippen LogP contribution is -2.26.